The molecule has 2 aromatic carbocycles. The van der Waals surface area contributed by atoms with Crippen LogP contribution in [-0.4, -0.2) is 83.7 Å². The Labute approximate surface area is 331 Å². The van der Waals surface area contributed by atoms with Crippen LogP contribution in [0.2, 0.25) is 0 Å². The zero-order valence-corrected chi connectivity index (χ0v) is 32.8. The van der Waals surface area contributed by atoms with E-state index in [9.17, 15) is 28.3 Å². The number of aliphatic carboxylic acids is 2. The molecule has 18 nitrogen and oxygen atoms in total. The Morgan fingerprint density at radius 3 is 2.07 bits per heavy atom. The van der Waals surface area contributed by atoms with Crippen LogP contribution >= 0.6 is 19.2 Å². The number of carboxylic acids is 2. The minimum atomic E-state index is -4.93. The number of unbranched alkanes of at least 4 members (excludes halogenated alkanes) is 2. The molecule has 0 spiro atoms. The smallest absolute Gasteiger partial charge is 0.471 e. The van der Waals surface area contributed by atoms with Crippen molar-refractivity contribution in [1.29, 1.82) is 5.26 Å². The third kappa shape index (κ3) is 16.4. The third-order valence-corrected chi connectivity index (χ3v) is 9.73. The molecular weight excluding hydrogens is 791 g/mol. The van der Waals surface area contributed by atoms with Gasteiger partial charge in [0, 0.05) is 28.5 Å². The van der Waals surface area contributed by atoms with Gasteiger partial charge in [-0.05, 0) is 57.0 Å². The average Bonchev–Trinajstić information content (AvgIpc) is 3.87. The summed E-state index contributed by atoms with van der Waals surface area (Å²) in [5.74, 6) is -4.37. The Hall–Kier alpha value is -4.59. The van der Waals surface area contributed by atoms with Crippen LogP contribution in [0.4, 0.5) is 8.78 Å². The van der Waals surface area contributed by atoms with E-state index in [2.05, 4.69) is 25.7 Å². The summed E-state index contributed by atoms with van der Waals surface area (Å²) in [4.78, 5) is 47.2. The maximum atomic E-state index is 15.2. The van der Waals surface area contributed by atoms with Crippen molar-refractivity contribution in [1.82, 2.24) is 19.7 Å². The van der Waals surface area contributed by atoms with Gasteiger partial charge in [0.05, 0.1) is 28.9 Å². The lowest BCUT2D eigenvalue weighted by molar-refractivity contribution is -0.141. The molecule has 0 radical (unpaired) electrons. The Morgan fingerprint density at radius 1 is 1.00 bits per heavy atom. The van der Waals surface area contributed by atoms with Crippen LogP contribution in [0.15, 0.2) is 60.5 Å². The van der Waals surface area contributed by atoms with Crippen molar-refractivity contribution >= 4 is 31.1 Å². The maximum Gasteiger partial charge on any atom is 0.471 e. The van der Waals surface area contributed by atoms with E-state index in [4.69, 9.17) is 43.1 Å². The van der Waals surface area contributed by atoms with E-state index in [1.807, 2.05) is 0 Å². The summed E-state index contributed by atoms with van der Waals surface area (Å²) in [6.07, 6.45) is 6.95. The fourth-order valence-corrected chi connectivity index (χ4v) is 6.25. The second-order valence-corrected chi connectivity index (χ2v) is 14.6. The van der Waals surface area contributed by atoms with E-state index in [0.29, 0.717) is 48.3 Å². The summed E-state index contributed by atoms with van der Waals surface area (Å²) >= 11 is 1.25. The predicted octanol–water partition coefficient (Wildman–Crippen LogP) is 3.39. The van der Waals surface area contributed by atoms with Crippen LogP contribution in [-0.2, 0) is 35.6 Å². The molecule has 0 fully saturated rings. The van der Waals surface area contributed by atoms with Crippen LogP contribution in [0.3, 0.4) is 0 Å². The fraction of sp³-hybridized carbons (Fsp3) is 0.429. The van der Waals surface area contributed by atoms with E-state index < -0.39 is 61.8 Å². The number of nitriles is 1. The SMILES string of the molecule is C[C@@H](c1nc(-c2ccc(C#N)cc2)cs1)[C@@](Cn1cncn1)(OCOP(=O)(O)O)c1ccc(F)cc1F.NCCCC[C@H](N)C(=O)O.NCCCC[C@H](N)C(=O)O. The van der Waals surface area contributed by atoms with Gasteiger partial charge in [-0.15, -0.1) is 11.3 Å². The highest BCUT2D eigenvalue weighted by Gasteiger charge is 2.45. The van der Waals surface area contributed by atoms with Gasteiger partial charge in [-0.1, -0.05) is 38.0 Å². The van der Waals surface area contributed by atoms with Crippen molar-refractivity contribution in [3.05, 3.63) is 88.3 Å². The number of halogens is 2. The summed E-state index contributed by atoms with van der Waals surface area (Å²) in [5, 5.41) is 32.0. The monoisotopic (exact) mass is 839 g/mol. The summed E-state index contributed by atoms with van der Waals surface area (Å²) in [5.41, 5.74) is 20.9. The standard InChI is InChI=1S/C23H20F2N5O5PS.2C6H14N2O2/c1-15(22-29-21(10-37-22)17-4-2-16(9-26)3-5-17)23(11-30-13-27-12-28-30,34-14-35-36(31,32)33)19-7-6-18(24)8-20(19)25;2*7-4-2-1-3-5(8)6(9)10/h2-8,10,12-13,15H,11,14H2,1H3,(H2,31,32,33);2*5H,1-4,7-8H2,(H,9,10)/t15-,23+;2*5-/m000/s1. The van der Waals surface area contributed by atoms with Crippen molar-refractivity contribution in [2.45, 2.75) is 75.6 Å². The number of rotatable bonds is 20. The summed E-state index contributed by atoms with van der Waals surface area (Å²) in [6.45, 7) is 1.82. The number of carboxylic acid groups (broad SMARTS) is 2. The second-order valence-electron chi connectivity index (χ2n) is 12.4. The zero-order chi connectivity index (χ0) is 42.6. The first-order valence-corrected chi connectivity index (χ1v) is 19.8. The number of phosphoric acid groups is 1. The van der Waals surface area contributed by atoms with E-state index >= 15 is 4.39 Å². The molecule has 0 saturated carbocycles. The molecule has 4 atom stereocenters. The number of thiazole rings is 1. The molecule has 0 aliphatic heterocycles. The molecular formula is C35H48F2N9O9PS. The number of nitrogens with two attached hydrogens (primary N) is 4. The minimum Gasteiger partial charge on any atom is -0.480 e. The van der Waals surface area contributed by atoms with Gasteiger partial charge in [0.25, 0.3) is 0 Å². The van der Waals surface area contributed by atoms with Crippen molar-refractivity contribution in [3.8, 4) is 17.3 Å². The largest absolute Gasteiger partial charge is 0.480 e. The lowest BCUT2D eigenvalue weighted by Gasteiger charge is -2.38. The quantitative estimate of drug-likeness (QED) is 0.0359. The Kier molecular flexibility index (Phi) is 20.7. The highest BCUT2D eigenvalue weighted by atomic mass is 32.1. The molecule has 312 valence electrons. The molecule has 12 N–H and O–H groups in total. The molecule has 0 aliphatic carbocycles. The molecule has 0 bridgehead atoms. The number of hydrogen-bond acceptors (Lipinski definition) is 14. The Balaban J connectivity index is 0.000000461. The normalized spacial score (nSPS) is 13.8. The van der Waals surface area contributed by atoms with Crippen molar-refractivity contribution in [2.75, 3.05) is 19.9 Å². The molecule has 22 heteroatoms. The number of nitrogens with zero attached hydrogens (tertiary/aromatic N) is 5. The number of benzene rings is 2. The van der Waals surface area contributed by atoms with Crippen LogP contribution in [0, 0.1) is 23.0 Å². The third-order valence-electron chi connectivity index (χ3n) is 8.26. The number of ether oxygens (including phenoxy) is 1. The van der Waals surface area contributed by atoms with E-state index in [0.717, 1.165) is 37.3 Å². The fourth-order valence-electron chi connectivity index (χ4n) is 5.09. The first kappa shape index (κ1) is 48.6. The molecule has 0 amide bonds. The predicted molar refractivity (Wildman–Crippen MR) is 205 cm³/mol. The van der Waals surface area contributed by atoms with E-state index in [1.165, 1.54) is 34.7 Å². The number of phosphoric ester groups is 1. The topological polar surface area (TPSA) is 322 Å². The Bertz CT molecular complexity index is 1890. The highest BCUT2D eigenvalue weighted by Crippen LogP contribution is 2.46. The summed E-state index contributed by atoms with van der Waals surface area (Å²) in [6, 6.07) is 10.4. The molecule has 4 aromatic rings. The van der Waals surface area contributed by atoms with Gasteiger partial charge < -0.3 is 47.7 Å². The van der Waals surface area contributed by atoms with Gasteiger partial charge in [0.1, 0.15) is 42.0 Å². The number of hydrogen-bond donors (Lipinski definition) is 8. The van der Waals surface area contributed by atoms with Gasteiger partial charge in [-0.25, -0.2) is 28.0 Å². The van der Waals surface area contributed by atoms with Gasteiger partial charge >= 0.3 is 19.8 Å². The molecule has 0 aliphatic rings. The first-order chi connectivity index (χ1) is 27.0. The molecule has 0 saturated heterocycles. The zero-order valence-electron chi connectivity index (χ0n) is 31.1. The van der Waals surface area contributed by atoms with Crippen LogP contribution in [0.1, 0.15) is 67.5 Å². The number of carbonyl (C=O) groups is 2. The molecule has 2 heterocycles. The summed E-state index contributed by atoms with van der Waals surface area (Å²) in [7, 11) is -4.93. The van der Waals surface area contributed by atoms with Crippen LogP contribution in [0.5, 0.6) is 0 Å². The van der Waals surface area contributed by atoms with Crippen molar-refractivity contribution < 1.29 is 52.2 Å². The van der Waals surface area contributed by atoms with Gasteiger partial charge in [-0.3, -0.25) is 14.1 Å². The highest BCUT2D eigenvalue weighted by molar-refractivity contribution is 7.46. The average molecular weight is 840 g/mol. The lowest BCUT2D eigenvalue weighted by atomic mass is 9.81. The van der Waals surface area contributed by atoms with Crippen molar-refractivity contribution in [3.63, 3.8) is 0 Å². The van der Waals surface area contributed by atoms with Crippen LogP contribution < -0.4 is 22.9 Å². The van der Waals surface area contributed by atoms with Crippen LogP contribution in [0.25, 0.3) is 11.3 Å². The molecule has 2 aromatic heterocycles. The van der Waals surface area contributed by atoms with E-state index in [1.54, 1.807) is 36.6 Å². The molecule has 4 rings (SSSR count). The minimum absolute atomic E-state index is 0.0960. The first-order valence-electron chi connectivity index (χ1n) is 17.4. The summed E-state index contributed by atoms with van der Waals surface area (Å²) < 4.78 is 52.2. The molecule has 0 unspecified atom stereocenters. The van der Waals surface area contributed by atoms with Gasteiger partial charge in [0.15, 0.2) is 6.79 Å². The Morgan fingerprint density at radius 2 is 1.60 bits per heavy atom. The van der Waals surface area contributed by atoms with Gasteiger partial charge in [-0.2, -0.15) is 10.4 Å². The van der Waals surface area contributed by atoms with Gasteiger partial charge in [0.2, 0.25) is 0 Å². The lowest BCUT2D eigenvalue weighted by Crippen LogP contribution is -2.41. The number of aromatic nitrogens is 4. The van der Waals surface area contributed by atoms with Crippen molar-refractivity contribution in [2.24, 2.45) is 22.9 Å². The molecule has 57 heavy (non-hydrogen) atoms. The van der Waals surface area contributed by atoms with E-state index in [-0.39, 0.29) is 12.1 Å². The second kappa shape index (κ2) is 24.2. The maximum absolute atomic E-state index is 15.2.